The molecule has 0 unspecified atom stereocenters. The average molecular weight is 480 g/mol. The Hall–Kier alpha value is -2.42. The molecule has 3 aromatic rings. The van der Waals surface area contributed by atoms with E-state index in [1.165, 1.54) is 0 Å². The van der Waals surface area contributed by atoms with Gasteiger partial charge in [-0.1, -0.05) is 18.2 Å². The number of halogens is 1. The first-order valence-electron chi connectivity index (χ1n) is 8.72. The second-order valence-corrected chi connectivity index (χ2v) is 5.73. The van der Waals surface area contributed by atoms with Crippen LogP contribution < -0.4 is 20.5 Å². The van der Waals surface area contributed by atoms with Gasteiger partial charge < -0.3 is 25.5 Å². The van der Waals surface area contributed by atoms with Crippen LogP contribution in [-0.4, -0.2) is 24.2 Å². The summed E-state index contributed by atoms with van der Waals surface area (Å²) in [7, 11) is 0. The Labute approximate surface area is 176 Å². The van der Waals surface area contributed by atoms with Crippen LogP contribution in [0.25, 0.3) is 10.9 Å². The van der Waals surface area contributed by atoms with E-state index in [0.717, 1.165) is 28.0 Å². The number of nitrogens with two attached hydrogens (primary N) is 1. The van der Waals surface area contributed by atoms with Crippen LogP contribution in [0.4, 0.5) is 5.69 Å². The van der Waals surface area contributed by atoms with Crippen molar-refractivity contribution in [2.75, 3.05) is 18.5 Å². The van der Waals surface area contributed by atoms with Gasteiger partial charge in [0.1, 0.15) is 11.5 Å². The van der Waals surface area contributed by atoms with Gasteiger partial charge in [-0.2, -0.15) is 0 Å². The molecule has 144 valence electrons. The molecular weight excluding hydrogens is 455 g/mol. The minimum Gasteiger partial charge on any atom is -0.494 e. The number of benzene rings is 2. The number of fused-ring (bicyclic) bond motifs is 1. The van der Waals surface area contributed by atoms with Crippen molar-refractivity contribution in [2.45, 2.75) is 20.4 Å². The Morgan fingerprint density at radius 3 is 2.59 bits per heavy atom. The minimum absolute atomic E-state index is 0. The summed E-state index contributed by atoms with van der Waals surface area (Å²) in [6.45, 7) is 5.50. The van der Waals surface area contributed by atoms with Crippen LogP contribution in [-0.2, 0) is 6.54 Å². The number of guanidine groups is 1. The number of nitrogens with one attached hydrogen (secondary N) is 2. The maximum Gasteiger partial charge on any atom is 0.193 e. The summed E-state index contributed by atoms with van der Waals surface area (Å²) in [5, 5.41) is 4.27. The van der Waals surface area contributed by atoms with Crippen LogP contribution in [0.3, 0.4) is 0 Å². The van der Waals surface area contributed by atoms with Crippen LogP contribution in [0.1, 0.15) is 19.5 Å². The van der Waals surface area contributed by atoms with Crippen molar-refractivity contribution >= 4 is 46.5 Å². The van der Waals surface area contributed by atoms with Gasteiger partial charge in [0, 0.05) is 17.3 Å². The summed E-state index contributed by atoms with van der Waals surface area (Å²) in [4.78, 5) is 7.75. The molecule has 0 spiro atoms. The molecule has 27 heavy (non-hydrogen) atoms. The van der Waals surface area contributed by atoms with E-state index in [4.69, 9.17) is 15.2 Å². The van der Waals surface area contributed by atoms with E-state index in [1.807, 2.05) is 50.2 Å². The second kappa shape index (κ2) is 10.1. The number of nitrogens with zero attached hydrogens (tertiary/aromatic N) is 1. The number of ether oxygens (including phenoxy) is 2. The third-order valence-corrected chi connectivity index (χ3v) is 3.83. The number of H-pyrrole nitrogens is 1. The summed E-state index contributed by atoms with van der Waals surface area (Å²) < 4.78 is 11.2. The fourth-order valence-electron chi connectivity index (χ4n) is 2.71. The summed E-state index contributed by atoms with van der Waals surface area (Å²) in [6, 6.07) is 15.8. The largest absolute Gasteiger partial charge is 0.494 e. The Balaban J connectivity index is 0.00000261. The van der Waals surface area contributed by atoms with Gasteiger partial charge in [0.05, 0.1) is 25.4 Å². The van der Waals surface area contributed by atoms with E-state index < -0.39 is 0 Å². The average Bonchev–Trinajstić information content (AvgIpc) is 3.05. The van der Waals surface area contributed by atoms with Crippen LogP contribution >= 0.6 is 24.0 Å². The zero-order valence-electron chi connectivity index (χ0n) is 15.5. The van der Waals surface area contributed by atoms with Gasteiger partial charge in [-0.25, -0.2) is 4.99 Å². The SMILES string of the molecule is CCOc1ccc(OCC)c(NC(N)=NCc2cc3ccccc3[nH]2)c1.I. The Morgan fingerprint density at radius 1 is 1.07 bits per heavy atom. The van der Waals surface area contributed by atoms with Crippen LogP contribution in [0, 0.1) is 0 Å². The zero-order valence-corrected chi connectivity index (χ0v) is 17.8. The maximum absolute atomic E-state index is 6.07. The first-order valence-corrected chi connectivity index (χ1v) is 8.72. The van der Waals surface area contributed by atoms with E-state index in [-0.39, 0.29) is 24.0 Å². The van der Waals surface area contributed by atoms with Gasteiger partial charge >= 0.3 is 0 Å². The molecule has 0 bridgehead atoms. The number of aromatic amines is 1. The number of aromatic nitrogens is 1. The Bertz CT molecular complexity index is 875. The van der Waals surface area contributed by atoms with Gasteiger partial charge in [-0.15, -0.1) is 24.0 Å². The predicted octanol–water partition coefficient (Wildman–Crippen LogP) is 4.51. The third kappa shape index (κ3) is 5.53. The Morgan fingerprint density at radius 2 is 1.85 bits per heavy atom. The van der Waals surface area contributed by atoms with E-state index in [9.17, 15) is 0 Å². The molecule has 6 nitrogen and oxygen atoms in total. The summed E-state index contributed by atoms with van der Waals surface area (Å²) in [5.74, 6) is 1.78. The maximum atomic E-state index is 6.07. The fourth-order valence-corrected chi connectivity index (χ4v) is 2.71. The van der Waals surface area contributed by atoms with Crippen molar-refractivity contribution in [2.24, 2.45) is 10.7 Å². The molecule has 0 amide bonds. The first kappa shape index (κ1) is 20.9. The first-order chi connectivity index (χ1) is 12.7. The summed E-state index contributed by atoms with van der Waals surface area (Å²) in [5.41, 5.74) is 8.89. The number of aliphatic imine (C=N–C) groups is 1. The van der Waals surface area contributed by atoms with Crippen molar-refractivity contribution in [3.05, 3.63) is 54.2 Å². The van der Waals surface area contributed by atoms with Crippen molar-refractivity contribution in [3.63, 3.8) is 0 Å². The molecule has 3 rings (SSSR count). The number of para-hydroxylation sites is 1. The van der Waals surface area contributed by atoms with Gasteiger partial charge in [0.2, 0.25) is 0 Å². The number of hydrogen-bond donors (Lipinski definition) is 3. The van der Waals surface area contributed by atoms with Crippen LogP contribution in [0.2, 0.25) is 0 Å². The lowest BCUT2D eigenvalue weighted by Crippen LogP contribution is -2.23. The quantitative estimate of drug-likeness (QED) is 0.264. The van der Waals surface area contributed by atoms with Gasteiger partial charge in [0.15, 0.2) is 5.96 Å². The molecule has 0 saturated carbocycles. The topological polar surface area (TPSA) is 84.7 Å². The summed E-state index contributed by atoms with van der Waals surface area (Å²) >= 11 is 0. The van der Waals surface area contributed by atoms with Crippen molar-refractivity contribution in [1.82, 2.24) is 4.98 Å². The lowest BCUT2D eigenvalue weighted by molar-refractivity contribution is 0.332. The molecule has 0 radical (unpaired) electrons. The molecule has 0 aliphatic carbocycles. The van der Waals surface area contributed by atoms with Gasteiger partial charge in [0.25, 0.3) is 0 Å². The highest BCUT2D eigenvalue weighted by Gasteiger charge is 2.07. The second-order valence-electron chi connectivity index (χ2n) is 5.73. The van der Waals surface area contributed by atoms with Crippen molar-refractivity contribution < 1.29 is 9.47 Å². The highest BCUT2D eigenvalue weighted by Crippen LogP contribution is 2.29. The zero-order chi connectivity index (χ0) is 18.4. The van der Waals surface area contributed by atoms with Crippen LogP contribution in [0.5, 0.6) is 11.5 Å². The molecule has 4 N–H and O–H groups in total. The number of anilines is 1. The van der Waals surface area contributed by atoms with E-state index >= 15 is 0 Å². The normalized spacial score (nSPS) is 11.1. The Kier molecular flexibility index (Phi) is 7.78. The lowest BCUT2D eigenvalue weighted by Gasteiger charge is -2.13. The smallest absolute Gasteiger partial charge is 0.193 e. The van der Waals surface area contributed by atoms with E-state index in [1.54, 1.807) is 0 Å². The summed E-state index contributed by atoms with van der Waals surface area (Å²) in [6.07, 6.45) is 0. The number of rotatable bonds is 7. The van der Waals surface area contributed by atoms with Gasteiger partial charge in [-0.05, 0) is 43.5 Å². The predicted molar refractivity (Wildman–Crippen MR) is 121 cm³/mol. The molecule has 7 heteroatoms. The van der Waals surface area contributed by atoms with Crippen LogP contribution in [0.15, 0.2) is 53.5 Å². The highest BCUT2D eigenvalue weighted by atomic mass is 127. The molecule has 0 fully saturated rings. The minimum atomic E-state index is 0. The fraction of sp³-hybridized carbons (Fsp3) is 0.250. The molecule has 0 saturated heterocycles. The molecule has 2 aromatic carbocycles. The molecule has 1 aromatic heterocycles. The standard InChI is InChI=1S/C20H24N4O2.HI/c1-3-25-16-9-10-19(26-4-2)18(12-16)24-20(21)22-13-15-11-14-7-5-6-8-17(14)23-15;/h5-12,23H,3-4,13H2,1-2H3,(H3,21,22,24);1H. The van der Waals surface area contributed by atoms with Crippen molar-refractivity contribution in [3.8, 4) is 11.5 Å². The molecule has 0 aliphatic heterocycles. The monoisotopic (exact) mass is 480 g/mol. The molecular formula is C20H25IN4O2. The van der Waals surface area contributed by atoms with Crippen molar-refractivity contribution in [1.29, 1.82) is 0 Å². The molecule has 1 heterocycles. The van der Waals surface area contributed by atoms with Gasteiger partial charge in [-0.3, -0.25) is 0 Å². The highest BCUT2D eigenvalue weighted by molar-refractivity contribution is 14.0. The number of hydrogen-bond acceptors (Lipinski definition) is 3. The molecule has 0 atom stereocenters. The lowest BCUT2D eigenvalue weighted by atomic mass is 10.2. The molecule has 0 aliphatic rings. The van der Waals surface area contributed by atoms with E-state index in [0.29, 0.717) is 31.5 Å². The van der Waals surface area contributed by atoms with E-state index in [2.05, 4.69) is 27.4 Å². The third-order valence-electron chi connectivity index (χ3n) is 3.83.